The summed E-state index contributed by atoms with van der Waals surface area (Å²) in [6, 6.07) is 22.1. The molecule has 0 aliphatic heterocycles. The zero-order valence-corrected chi connectivity index (χ0v) is 15.9. The molecule has 3 aromatic rings. The Morgan fingerprint density at radius 1 is 1.04 bits per heavy atom. The number of ether oxygens (including phenoxy) is 1. The number of carboxylic acid groups (broad SMARTS) is 1. The van der Waals surface area contributed by atoms with Gasteiger partial charge in [-0.25, -0.2) is 4.79 Å². The van der Waals surface area contributed by atoms with Gasteiger partial charge < -0.3 is 9.84 Å². The molecular weight excluding hydrogens is 408 g/mol. The molecule has 0 aliphatic rings. The minimum Gasteiger partial charge on any atom is -0.488 e. The maximum absolute atomic E-state index is 11.2. The van der Waals surface area contributed by atoms with Gasteiger partial charge in [0, 0.05) is 10.0 Å². The predicted octanol–water partition coefficient (Wildman–Crippen LogP) is 5.17. The lowest BCUT2D eigenvalue weighted by atomic mass is 10.2. The van der Waals surface area contributed by atoms with Crippen molar-refractivity contribution in [1.29, 1.82) is 0 Å². The van der Waals surface area contributed by atoms with E-state index in [4.69, 9.17) is 4.74 Å². The molecule has 0 saturated carbocycles. The number of nitrogens with one attached hydrogen (secondary N) is 1. The molecule has 0 unspecified atom stereocenters. The van der Waals surface area contributed by atoms with Crippen LogP contribution in [0.15, 0.2) is 82.4 Å². The van der Waals surface area contributed by atoms with E-state index >= 15 is 0 Å². The predicted molar refractivity (Wildman–Crippen MR) is 110 cm³/mol. The van der Waals surface area contributed by atoms with Crippen LogP contribution < -0.4 is 10.2 Å². The van der Waals surface area contributed by atoms with E-state index in [-0.39, 0.29) is 5.56 Å². The van der Waals surface area contributed by atoms with Crippen molar-refractivity contribution in [2.45, 2.75) is 6.61 Å². The highest BCUT2D eigenvalue weighted by Crippen LogP contribution is 2.19. The first-order chi connectivity index (χ1) is 13.1. The summed E-state index contributed by atoms with van der Waals surface area (Å²) in [7, 11) is 0. The van der Waals surface area contributed by atoms with E-state index in [2.05, 4.69) is 26.5 Å². The van der Waals surface area contributed by atoms with Crippen LogP contribution in [0.2, 0.25) is 0 Å². The summed E-state index contributed by atoms with van der Waals surface area (Å²) in [5.74, 6) is -0.316. The maximum atomic E-state index is 11.2. The third kappa shape index (κ3) is 5.18. The quantitative estimate of drug-likeness (QED) is 0.405. The summed E-state index contributed by atoms with van der Waals surface area (Å²) < 4.78 is 6.92. The SMILES string of the molecule is O=C(O)c1ccccc1NN=Cc1ccccc1OCc1ccc(Br)cc1. The van der Waals surface area contributed by atoms with Gasteiger partial charge in [0.1, 0.15) is 12.4 Å². The number of hydrogen-bond acceptors (Lipinski definition) is 4. The first kappa shape index (κ1) is 18.7. The molecule has 0 aromatic heterocycles. The first-order valence-corrected chi connectivity index (χ1v) is 9.00. The first-order valence-electron chi connectivity index (χ1n) is 8.21. The molecule has 3 aromatic carbocycles. The van der Waals surface area contributed by atoms with Gasteiger partial charge >= 0.3 is 5.97 Å². The molecular formula is C21H17BrN2O3. The number of carboxylic acids is 1. The number of benzene rings is 3. The number of hydrogen-bond donors (Lipinski definition) is 2. The van der Waals surface area contributed by atoms with E-state index < -0.39 is 5.97 Å². The van der Waals surface area contributed by atoms with Crippen molar-refractivity contribution in [3.8, 4) is 5.75 Å². The van der Waals surface area contributed by atoms with Crippen molar-refractivity contribution in [1.82, 2.24) is 0 Å². The molecule has 3 rings (SSSR count). The van der Waals surface area contributed by atoms with Gasteiger partial charge in [-0.3, -0.25) is 5.43 Å². The molecule has 0 heterocycles. The molecule has 0 atom stereocenters. The van der Waals surface area contributed by atoms with Gasteiger partial charge in [-0.05, 0) is 42.0 Å². The lowest BCUT2D eigenvalue weighted by Crippen LogP contribution is -2.02. The molecule has 2 N–H and O–H groups in total. The van der Waals surface area contributed by atoms with Gasteiger partial charge in [-0.15, -0.1) is 0 Å². The Morgan fingerprint density at radius 3 is 2.52 bits per heavy atom. The van der Waals surface area contributed by atoms with E-state index in [0.29, 0.717) is 18.0 Å². The van der Waals surface area contributed by atoms with Gasteiger partial charge in [0.25, 0.3) is 0 Å². The standard InChI is InChI=1S/C21H17BrN2O3/c22-17-11-9-15(10-12-17)14-27-20-8-4-1-5-16(20)13-23-24-19-7-3-2-6-18(19)21(25)26/h1-13,24H,14H2,(H,25,26). The van der Waals surface area contributed by atoms with Gasteiger partial charge in [0.05, 0.1) is 17.5 Å². The molecule has 0 radical (unpaired) electrons. The molecule has 6 heteroatoms. The summed E-state index contributed by atoms with van der Waals surface area (Å²) in [4.78, 5) is 11.2. The molecule has 27 heavy (non-hydrogen) atoms. The number of carbonyl (C=O) groups is 1. The number of hydrazone groups is 1. The third-order valence-corrected chi connectivity index (χ3v) is 4.30. The highest BCUT2D eigenvalue weighted by molar-refractivity contribution is 9.10. The van der Waals surface area contributed by atoms with Crippen LogP contribution in [0, 0.1) is 0 Å². The van der Waals surface area contributed by atoms with E-state index in [1.54, 1.807) is 24.4 Å². The van der Waals surface area contributed by atoms with Crippen molar-refractivity contribution in [3.05, 3.63) is 94.0 Å². The maximum Gasteiger partial charge on any atom is 0.337 e. The molecule has 0 amide bonds. The van der Waals surface area contributed by atoms with Crippen molar-refractivity contribution >= 4 is 33.8 Å². The second-order valence-electron chi connectivity index (χ2n) is 5.67. The summed E-state index contributed by atoms with van der Waals surface area (Å²) in [6.45, 7) is 0.438. The summed E-state index contributed by atoms with van der Waals surface area (Å²) in [5.41, 5.74) is 5.21. The van der Waals surface area contributed by atoms with Gasteiger partial charge in [0.2, 0.25) is 0 Å². The summed E-state index contributed by atoms with van der Waals surface area (Å²) >= 11 is 3.41. The van der Waals surface area contributed by atoms with Crippen molar-refractivity contribution < 1.29 is 14.6 Å². The Labute approximate surface area is 165 Å². The van der Waals surface area contributed by atoms with Crippen LogP contribution in [0.4, 0.5) is 5.69 Å². The Hall–Kier alpha value is -3.12. The number of para-hydroxylation sites is 2. The van der Waals surface area contributed by atoms with Crippen molar-refractivity contribution in [2.24, 2.45) is 5.10 Å². The van der Waals surface area contributed by atoms with E-state index in [1.165, 1.54) is 6.07 Å². The lowest BCUT2D eigenvalue weighted by Gasteiger charge is -2.09. The van der Waals surface area contributed by atoms with Gasteiger partial charge in [-0.2, -0.15) is 5.10 Å². The Bertz CT molecular complexity index is 956. The Morgan fingerprint density at radius 2 is 1.74 bits per heavy atom. The summed E-state index contributed by atoms with van der Waals surface area (Å²) in [5, 5.41) is 13.4. The van der Waals surface area contributed by atoms with E-state index in [0.717, 1.165) is 15.6 Å². The number of halogens is 1. The highest BCUT2D eigenvalue weighted by atomic mass is 79.9. The average molecular weight is 425 g/mol. The van der Waals surface area contributed by atoms with Crippen LogP contribution in [0.3, 0.4) is 0 Å². The lowest BCUT2D eigenvalue weighted by molar-refractivity contribution is 0.0698. The van der Waals surface area contributed by atoms with Crippen LogP contribution in [0.25, 0.3) is 0 Å². The number of aromatic carboxylic acids is 1. The zero-order chi connectivity index (χ0) is 19.1. The molecule has 5 nitrogen and oxygen atoms in total. The molecule has 0 aliphatic carbocycles. The number of anilines is 1. The van der Waals surface area contributed by atoms with E-state index in [1.807, 2.05) is 48.5 Å². The third-order valence-electron chi connectivity index (χ3n) is 3.77. The summed E-state index contributed by atoms with van der Waals surface area (Å²) in [6.07, 6.45) is 1.61. The topological polar surface area (TPSA) is 70.9 Å². The smallest absolute Gasteiger partial charge is 0.337 e. The minimum atomic E-state index is -1.01. The average Bonchev–Trinajstić information content (AvgIpc) is 2.69. The minimum absolute atomic E-state index is 0.162. The fourth-order valence-corrected chi connectivity index (χ4v) is 2.66. The molecule has 0 spiro atoms. The van der Waals surface area contributed by atoms with Crippen LogP contribution in [-0.4, -0.2) is 17.3 Å². The van der Waals surface area contributed by atoms with Crippen LogP contribution >= 0.6 is 15.9 Å². The van der Waals surface area contributed by atoms with Gasteiger partial charge in [-0.1, -0.05) is 52.3 Å². The van der Waals surface area contributed by atoms with Crippen LogP contribution in [0.1, 0.15) is 21.5 Å². The van der Waals surface area contributed by atoms with Crippen molar-refractivity contribution in [2.75, 3.05) is 5.43 Å². The Balaban J connectivity index is 1.69. The van der Waals surface area contributed by atoms with E-state index in [9.17, 15) is 9.90 Å². The number of rotatable bonds is 7. The largest absolute Gasteiger partial charge is 0.488 e. The zero-order valence-electron chi connectivity index (χ0n) is 14.3. The highest BCUT2D eigenvalue weighted by Gasteiger charge is 2.08. The molecule has 0 saturated heterocycles. The molecule has 136 valence electrons. The molecule has 0 fully saturated rings. The Kier molecular flexibility index (Phi) is 6.22. The van der Waals surface area contributed by atoms with Crippen LogP contribution in [-0.2, 0) is 6.61 Å². The second kappa shape index (κ2) is 9.00. The monoisotopic (exact) mass is 424 g/mol. The second-order valence-corrected chi connectivity index (χ2v) is 6.59. The number of nitrogens with zero attached hydrogens (tertiary/aromatic N) is 1. The van der Waals surface area contributed by atoms with Crippen molar-refractivity contribution in [3.63, 3.8) is 0 Å². The van der Waals surface area contributed by atoms with Gasteiger partial charge in [0.15, 0.2) is 0 Å². The fraction of sp³-hybridized carbons (Fsp3) is 0.0476. The van der Waals surface area contributed by atoms with Crippen LogP contribution in [0.5, 0.6) is 5.75 Å². The fourth-order valence-electron chi connectivity index (χ4n) is 2.40. The normalized spacial score (nSPS) is 10.7. The molecule has 0 bridgehead atoms.